The van der Waals surface area contributed by atoms with Crippen LogP contribution in [0.2, 0.25) is 0 Å². The lowest BCUT2D eigenvalue weighted by atomic mass is 9.96. The van der Waals surface area contributed by atoms with Gasteiger partial charge in [-0.25, -0.2) is 4.79 Å². The number of carbonyl (C=O) groups excluding carboxylic acids is 1. The van der Waals surface area contributed by atoms with Gasteiger partial charge in [-0.1, -0.05) is 43.7 Å². The second-order valence-corrected chi connectivity index (χ2v) is 4.32. The fourth-order valence-electron chi connectivity index (χ4n) is 1.71. The van der Waals surface area contributed by atoms with E-state index in [0.29, 0.717) is 13.2 Å². The minimum absolute atomic E-state index is 0.327. The van der Waals surface area contributed by atoms with Crippen molar-refractivity contribution in [3.05, 3.63) is 35.9 Å². The SMILES string of the molecule is CCCCO[C@](C)(C(=O)OCC)c1ccccc1. The molecule has 0 aliphatic heterocycles. The molecule has 0 bridgehead atoms. The molecule has 0 saturated carbocycles. The molecule has 1 rings (SSSR count). The monoisotopic (exact) mass is 250 g/mol. The van der Waals surface area contributed by atoms with Crippen molar-refractivity contribution in [3.63, 3.8) is 0 Å². The predicted octanol–water partition coefficient (Wildman–Crippen LogP) is 3.28. The van der Waals surface area contributed by atoms with Gasteiger partial charge in [0, 0.05) is 6.61 Å². The van der Waals surface area contributed by atoms with E-state index < -0.39 is 5.60 Å². The van der Waals surface area contributed by atoms with E-state index in [1.54, 1.807) is 13.8 Å². The van der Waals surface area contributed by atoms with Crippen LogP contribution in [0.5, 0.6) is 0 Å². The Bertz CT molecular complexity index is 361. The molecule has 0 aliphatic rings. The maximum absolute atomic E-state index is 12.1. The van der Waals surface area contributed by atoms with Crippen LogP contribution in [0.3, 0.4) is 0 Å². The van der Waals surface area contributed by atoms with E-state index in [0.717, 1.165) is 18.4 Å². The molecule has 1 atom stereocenters. The summed E-state index contributed by atoms with van der Waals surface area (Å²) in [6.07, 6.45) is 1.97. The Hall–Kier alpha value is -1.35. The minimum Gasteiger partial charge on any atom is -0.464 e. The summed E-state index contributed by atoms with van der Waals surface area (Å²) < 4.78 is 10.9. The zero-order chi connectivity index (χ0) is 13.4. The number of hydrogen-bond donors (Lipinski definition) is 0. The first-order chi connectivity index (χ1) is 8.65. The number of hydrogen-bond acceptors (Lipinski definition) is 3. The van der Waals surface area contributed by atoms with Crippen molar-refractivity contribution in [2.75, 3.05) is 13.2 Å². The van der Waals surface area contributed by atoms with Crippen LogP contribution in [0, 0.1) is 0 Å². The van der Waals surface area contributed by atoms with Crippen LogP contribution >= 0.6 is 0 Å². The molecule has 0 heterocycles. The molecule has 0 fully saturated rings. The van der Waals surface area contributed by atoms with Gasteiger partial charge in [0.2, 0.25) is 0 Å². The minimum atomic E-state index is -1.01. The standard InChI is InChI=1S/C15H22O3/c1-4-6-12-18-15(3,14(16)17-5-2)13-10-8-7-9-11-13/h7-11H,4-6,12H2,1-3H3/t15-/m0/s1. The highest BCUT2D eigenvalue weighted by Crippen LogP contribution is 2.27. The number of rotatable bonds is 7. The molecule has 0 spiro atoms. The van der Waals surface area contributed by atoms with E-state index in [1.807, 2.05) is 30.3 Å². The molecule has 1 aromatic carbocycles. The Morgan fingerprint density at radius 3 is 2.44 bits per heavy atom. The predicted molar refractivity (Wildman–Crippen MR) is 71.3 cm³/mol. The van der Waals surface area contributed by atoms with Crippen molar-refractivity contribution in [1.29, 1.82) is 0 Å². The van der Waals surface area contributed by atoms with Gasteiger partial charge < -0.3 is 9.47 Å². The molecule has 0 aliphatic carbocycles. The second-order valence-electron chi connectivity index (χ2n) is 4.32. The topological polar surface area (TPSA) is 35.5 Å². The molecular weight excluding hydrogens is 228 g/mol. The van der Waals surface area contributed by atoms with E-state index >= 15 is 0 Å². The number of carbonyl (C=O) groups is 1. The maximum Gasteiger partial charge on any atom is 0.342 e. The van der Waals surface area contributed by atoms with E-state index in [-0.39, 0.29) is 5.97 Å². The quantitative estimate of drug-likeness (QED) is 0.550. The van der Waals surface area contributed by atoms with Crippen molar-refractivity contribution in [2.45, 2.75) is 39.2 Å². The first kappa shape index (κ1) is 14.7. The van der Waals surface area contributed by atoms with Crippen molar-refractivity contribution >= 4 is 5.97 Å². The molecule has 0 unspecified atom stereocenters. The van der Waals surface area contributed by atoms with Crippen molar-refractivity contribution in [1.82, 2.24) is 0 Å². The first-order valence-corrected chi connectivity index (χ1v) is 6.51. The van der Waals surface area contributed by atoms with Gasteiger partial charge in [-0.15, -0.1) is 0 Å². The summed E-state index contributed by atoms with van der Waals surface area (Å²) in [6, 6.07) is 9.50. The summed E-state index contributed by atoms with van der Waals surface area (Å²) in [5, 5.41) is 0. The lowest BCUT2D eigenvalue weighted by molar-refractivity contribution is -0.172. The molecule has 0 amide bonds. The third kappa shape index (κ3) is 3.57. The molecule has 100 valence electrons. The molecule has 0 N–H and O–H groups in total. The summed E-state index contributed by atoms with van der Waals surface area (Å²) >= 11 is 0. The highest BCUT2D eigenvalue weighted by Gasteiger charge is 2.37. The van der Waals surface area contributed by atoms with Crippen LogP contribution in [0.25, 0.3) is 0 Å². The van der Waals surface area contributed by atoms with E-state index in [2.05, 4.69) is 6.92 Å². The second kappa shape index (κ2) is 7.17. The largest absolute Gasteiger partial charge is 0.464 e. The van der Waals surface area contributed by atoms with Crippen molar-refractivity contribution in [2.24, 2.45) is 0 Å². The van der Waals surface area contributed by atoms with Gasteiger partial charge in [0.1, 0.15) is 0 Å². The van der Waals surface area contributed by atoms with Gasteiger partial charge in [0.25, 0.3) is 0 Å². The molecule has 1 aromatic rings. The normalized spacial score (nSPS) is 13.9. The summed E-state index contributed by atoms with van der Waals surface area (Å²) in [7, 11) is 0. The summed E-state index contributed by atoms with van der Waals surface area (Å²) in [5.74, 6) is -0.327. The number of benzene rings is 1. The smallest absolute Gasteiger partial charge is 0.342 e. The number of unbranched alkanes of at least 4 members (excludes halogenated alkanes) is 1. The summed E-state index contributed by atoms with van der Waals surface area (Å²) in [6.45, 7) is 6.58. The average molecular weight is 250 g/mol. The molecule has 3 heteroatoms. The van der Waals surface area contributed by atoms with Gasteiger partial charge in [0.15, 0.2) is 5.60 Å². The Morgan fingerprint density at radius 1 is 1.22 bits per heavy atom. The lowest BCUT2D eigenvalue weighted by Gasteiger charge is -2.28. The fourth-order valence-corrected chi connectivity index (χ4v) is 1.71. The lowest BCUT2D eigenvalue weighted by Crippen LogP contribution is -2.37. The number of ether oxygens (including phenoxy) is 2. The van der Waals surface area contributed by atoms with E-state index in [9.17, 15) is 4.79 Å². The summed E-state index contributed by atoms with van der Waals surface area (Å²) in [4.78, 5) is 12.1. The van der Waals surface area contributed by atoms with Crippen molar-refractivity contribution in [3.8, 4) is 0 Å². The Labute approximate surface area is 109 Å². The zero-order valence-electron chi connectivity index (χ0n) is 11.4. The van der Waals surface area contributed by atoms with E-state index in [4.69, 9.17) is 9.47 Å². The zero-order valence-corrected chi connectivity index (χ0v) is 11.4. The summed E-state index contributed by atoms with van der Waals surface area (Å²) in [5.41, 5.74) is -0.175. The highest BCUT2D eigenvalue weighted by molar-refractivity contribution is 5.80. The van der Waals surface area contributed by atoms with Crippen LogP contribution in [0.4, 0.5) is 0 Å². The van der Waals surface area contributed by atoms with Crippen LogP contribution in [0.1, 0.15) is 39.2 Å². The molecular formula is C15H22O3. The fraction of sp³-hybridized carbons (Fsp3) is 0.533. The van der Waals surface area contributed by atoms with Gasteiger partial charge in [-0.05, 0) is 25.8 Å². The molecule has 0 radical (unpaired) electrons. The van der Waals surface area contributed by atoms with Crippen LogP contribution in [-0.4, -0.2) is 19.2 Å². The van der Waals surface area contributed by atoms with Gasteiger partial charge in [0.05, 0.1) is 6.61 Å². The number of esters is 1. The molecule has 18 heavy (non-hydrogen) atoms. The van der Waals surface area contributed by atoms with Crippen LogP contribution in [-0.2, 0) is 19.9 Å². The van der Waals surface area contributed by atoms with Crippen LogP contribution < -0.4 is 0 Å². The van der Waals surface area contributed by atoms with Crippen molar-refractivity contribution < 1.29 is 14.3 Å². The Balaban J connectivity index is 2.90. The average Bonchev–Trinajstić information content (AvgIpc) is 2.40. The molecule has 3 nitrogen and oxygen atoms in total. The Kier molecular flexibility index (Phi) is 5.86. The van der Waals surface area contributed by atoms with Gasteiger partial charge in [-0.2, -0.15) is 0 Å². The first-order valence-electron chi connectivity index (χ1n) is 6.51. The maximum atomic E-state index is 12.1. The van der Waals surface area contributed by atoms with Gasteiger partial charge in [-0.3, -0.25) is 0 Å². The van der Waals surface area contributed by atoms with Gasteiger partial charge >= 0.3 is 5.97 Å². The third-order valence-corrected chi connectivity index (χ3v) is 2.88. The highest BCUT2D eigenvalue weighted by atomic mass is 16.6. The molecule has 0 saturated heterocycles. The van der Waals surface area contributed by atoms with Crippen LogP contribution in [0.15, 0.2) is 30.3 Å². The Morgan fingerprint density at radius 2 is 1.89 bits per heavy atom. The third-order valence-electron chi connectivity index (χ3n) is 2.88. The molecule has 0 aromatic heterocycles. The van der Waals surface area contributed by atoms with E-state index in [1.165, 1.54) is 0 Å².